The van der Waals surface area contributed by atoms with Gasteiger partial charge in [-0.2, -0.15) is 0 Å². The number of likely N-dealkylation sites (tertiary alicyclic amines) is 1. The zero-order valence-corrected chi connectivity index (χ0v) is 16.2. The molecule has 3 rings (SSSR count). The molecular weight excluding hydrogens is 363 g/mol. The normalized spacial score (nSPS) is 20.9. The molecule has 1 atom stereocenters. The summed E-state index contributed by atoms with van der Waals surface area (Å²) in [5.74, 6) is -1.51. The van der Waals surface area contributed by atoms with Crippen LogP contribution in [-0.2, 0) is 20.8 Å². The van der Waals surface area contributed by atoms with Crippen LogP contribution in [-0.4, -0.2) is 58.4 Å². The average Bonchev–Trinajstić information content (AvgIpc) is 3.45. The summed E-state index contributed by atoms with van der Waals surface area (Å²) in [4.78, 5) is 39.3. The minimum Gasteiger partial charge on any atom is -0.480 e. The minimum atomic E-state index is -1.03. The van der Waals surface area contributed by atoms with Gasteiger partial charge in [0.2, 0.25) is 11.8 Å². The van der Waals surface area contributed by atoms with Crippen molar-refractivity contribution in [3.05, 3.63) is 35.6 Å². The first-order valence-corrected chi connectivity index (χ1v) is 9.84. The Hall–Kier alpha value is -2.44. The summed E-state index contributed by atoms with van der Waals surface area (Å²) >= 11 is 0. The average molecular weight is 390 g/mol. The lowest BCUT2D eigenvalue weighted by Gasteiger charge is -2.29. The number of halogens is 1. The molecule has 1 aliphatic carbocycles. The predicted octanol–water partition coefficient (Wildman–Crippen LogP) is 2.46. The molecule has 1 saturated heterocycles. The third kappa shape index (κ3) is 4.51. The first-order chi connectivity index (χ1) is 13.3. The van der Waals surface area contributed by atoms with Crippen LogP contribution in [0.2, 0.25) is 0 Å². The summed E-state index contributed by atoms with van der Waals surface area (Å²) in [6, 6.07) is 6.41. The molecule has 2 aliphatic rings. The Morgan fingerprint density at radius 1 is 1.21 bits per heavy atom. The van der Waals surface area contributed by atoms with Crippen molar-refractivity contribution in [3.8, 4) is 0 Å². The van der Waals surface area contributed by atoms with E-state index in [1.807, 2.05) is 4.90 Å². The quantitative estimate of drug-likeness (QED) is 0.809. The predicted molar refractivity (Wildman–Crippen MR) is 101 cm³/mol. The van der Waals surface area contributed by atoms with E-state index in [0.717, 1.165) is 19.3 Å². The Balaban J connectivity index is 1.65. The lowest BCUT2D eigenvalue weighted by Crippen LogP contribution is -2.43. The van der Waals surface area contributed by atoms with Gasteiger partial charge in [0.15, 0.2) is 0 Å². The summed E-state index contributed by atoms with van der Waals surface area (Å²) < 4.78 is 14.0. The Bertz CT molecular complexity index is 763. The van der Waals surface area contributed by atoms with Gasteiger partial charge in [0.1, 0.15) is 12.4 Å². The van der Waals surface area contributed by atoms with Gasteiger partial charge >= 0.3 is 5.97 Å². The smallest absolute Gasteiger partial charge is 0.323 e. The number of hydrogen-bond donors (Lipinski definition) is 1. The molecule has 0 radical (unpaired) electrons. The van der Waals surface area contributed by atoms with Gasteiger partial charge in [-0.1, -0.05) is 18.2 Å². The van der Waals surface area contributed by atoms with Crippen molar-refractivity contribution >= 4 is 17.8 Å². The highest BCUT2D eigenvalue weighted by molar-refractivity contribution is 5.86. The molecule has 1 unspecified atom stereocenters. The van der Waals surface area contributed by atoms with E-state index in [2.05, 4.69) is 0 Å². The Labute approximate surface area is 164 Å². The molecule has 152 valence electrons. The van der Waals surface area contributed by atoms with E-state index < -0.39 is 11.4 Å². The summed E-state index contributed by atoms with van der Waals surface area (Å²) in [6.07, 6.45) is 3.90. The maximum absolute atomic E-state index is 14.0. The van der Waals surface area contributed by atoms with Crippen LogP contribution >= 0.6 is 0 Å². The van der Waals surface area contributed by atoms with Gasteiger partial charge in [-0.3, -0.25) is 14.4 Å². The first-order valence-electron chi connectivity index (χ1n) is 9.84. The summed E-state index contributed by atoms with van der Waals surface area (Å²) in [5.41, 5.74) is 0.0638. The largest absolute Gasteiger partial charge is 0.480 e. The van der Waals surface area contributed by atoms with Gasteiger partial charge in [0, 0.05) is 26.1 Å². The summed E-state index contributed by atoms with van der Waals surface area (Å²) in [6.45, 7) is 2.15. The van der Waals surface area contributed by atoms with Crippen LogP contribution in [0.4, 0.5) is 4.39 Å². The highest BCUT2D eigenvalue weighted by Crippen LogP contribution is 2.50. The van der Waals surface area contributed by atoms with Crippen molar-refractivity contribution in [2.75, 3.05) is 19.6 Å². The fourth-order valence-corrected chi connectivity index (χ4v) is 4.20. The maximum atomic E-state index is 14.0. The number of carboxylic acids is 1. The second-order valence-corrected chi connectivity index (χ2v) is 7.97. The Morgan fingerprint density at radius 2 is 1.93 bits per heavy atom. The molecular formula is C21H27FN2O4. The minimum absolute atomic E-state index is 0.0593. The summed E-state index contributed by atoms with van der Waals surface area (Å²) in [5, 5.41) is 9.06. The number of benzene rings is 1. The van der Waals surface area contributed by atoms with Crippen molar-refractivity contribution < 1.29 is 23.9 Å². The van der Waals surface area contributed by atoms with Crippen molar-refractivity contribution in [2.24, 2.45) is 5.41 Å². The molecule has 0 aromatic heterocycles. The fourth-order valence-electron chi connectivity index (χ4n) is 4.20. The monoisotopic (exact) mass is 390 g/mol. The standard InChI is InChI=1S/C21H27FN2O4/c1-15(25)24(14-19(26)27)17-6-4-11-23(12-8-17)20(28)21(9-10-21)13-16-5-2-3-7-18(16)22/h2-3,5,7,17H,4,6,8-14H2,1H3,(H,26,27). The SMILES string of the molecule is CC(=O)N(CC(=O)O)C1CCCN(C(=O)C2(Cc3ccccc3F)CC2)CC1. The van der Waals surface area contributed by atoms with Gasteiger partial charge < -0.3 is 14.9 Å². The first kappa shape index (κ1) is 20.3. The number of carbonyl (C=O) groups excluding carboxylic acids is 2. The van der Waals surface area contributed by atoms with E-state index in [-0.39, 0.29) is 30.2 Å². The van der Waals surface area contributed by atoms with Crippen molar-refractivity contribution in [3.63, 3.8) is 0 Å². The number of aliphatic carboxylic acids is 1. The molecule has 0 bridgehead atoms. The lowest BCUT2D eigenvalue weighted by atomic mass is 9.94. The third-order valence-electron chi connectivity index (χ3n) is 5.93. The molecule has 0 spiro atoms. The zero-order chi connectivity index (χ0) is 20.3. The second kappa shape index (κ2) is 8.29. The Kier molecular flexibility index (Phi) is 6.01. The van der Waals surface area contributed by atoms with Gasteiger partial charge in [0.05, 0.1) is 5.41 Å². The molecule has 28 heavy (non-hydrogen) atoms. The number of hydrogen-bond acceptors (Lipinski definition) is 3. The lowest BCUT2D eigenvalue weighted by molar-refractivity contribution is -0.145. The van der Waals surface area contributed by atoms with Crippen molar-refractivity contribution in [1.29, 1.82) is 0 Å². The maximum Gasteiger partial charge on any atom is 0.323 e. The second-order valence-electron chi connectivity index (χ2n) is 7.97. The molecule has 2 amide bonds. The molecule has 7 heteroatoms. The van der Waals surface area contributed by atoms with Crippen LogP contribution in [0.1, 0.15) is 44.6 Å². The highest BCUT2D eigenvalue weighted by Gasteiger charge is 2.51. The van der Waals surface area contributed by atoms with E-state index in [4.69, 9.17) is 5.11 Å². The number of rotatable bonds is 6. The number of nitrogens with zero attached hydrogens (tertiary/aromatic N) is 2. The Morgan fingerprint density at radius 3 is 2.54 bits per heavy atom. The zero-order valence-electron chi connectivity index (χ0n) is 16.2. The van der Waals surface area contributed by atoms with E-state index in [1.165, 1.54) is 17.9 Å². The number of carboxylic acid groups (broad SMARTS) is 1. The molecule has 6 nitrogen and oxygen atoms in total. The van der Waals surface area contributed by atoms with Gasteiger partial charge in [-0.05, 0) is 50.2 Å². The van der Waals surface area contributed by atoms with E-state index in [0.29, 0.717) is 37.9 Å². The topological polar surface area (TPSA) is 77.9 Å². The van der Waals surface area contributed by atoms with Crippen LogP contribution in [0.25, 0.3) is 0 Å². The molecule has 2 fully saturated rings. The van der Waals surface area contributed by atoms with Crippen LogP contribution < -0.4 is 0 Å². The third-order valence-corrected chi connectivity index (χ3v) is 5.93. The van der Waals surface area contributed by atoms with Gasteiger partial charge in [-0.25, -0.2) is 4.39 Å². The molecule has 1 saturated carbocycles. The summed E-state index contributed by atoms with van der Waals surface area (Å²) in [7, 11) is 0. The highest BCUT2D eigenvalue weighted by atomic mass is 19.1. The molecule has 1 heterocycles. The van der Waals surface area contributed by atoms with Crippen LogP contribution in [0.5, 0.6) is 0 Å². The van der Waals surface area contributed by atoms with Gasteiger partial charge in [0.25, 0.3) is 0 Å². The van der Waals surface area contributed by atoms with Crippen molar-refractivity contribution in [1.82, 2.24) is 9.80 Å². The van der Waals surface area contributed by atoms with E-state index in [9.17, 15) is 18.8 Å². The van der Waals surface area contributed by atoms with Gasteiger partial charge in [-0.15, -0.1) is 0 Å². The molecule has 1 aromatic carbocycles. The molecule has 1 N–H and O–H groups in total. The number of amides is 2. The van der Waals surface area contributed by atoms with E-state index >= 15 is 0 Å². The fraction of sp³-hybridized carbons (Fsp3) is 0.571. The van der Waals surface area contributed by atoms with Crippen LogP contribution in [0, 0.1) is 11.2 Å². The van der Waals surface area contributed by atoms with Crippen molar-refractivity contribution in [2.45, 2.75) is 51.5 Å². The number of carbonyl (C=O) groups is 3. The van der Waals surface area contributed by atoms with E-state index in [1.54, 1.807) is 18.2 Å². The van der Waals surface area contributed by atoms with Crippen LogP contribution in [0.15, 0.2) is 24.3 Å². The molecule has 1 aliphatic heterocycles. The van der Waals surface area contributed by atoms with Crippen LogP contribution in [0.3, 0.4) is 0 Å². The molecule has 1 aromatic rings.